The normalized spacial score (nSPS) is 23.5. The van der Waals surface area contributed by atoms with Gasteiger partial charge in [0, 0.05) is 16.1 Å². The molecule has 0 saturated carbocycles. The summed E-state index contributed by atoms with van der Waals surface area (Å²) in [5.74, 6) is 0.224. The lowest BCUT2D eigenvalue weighted by atomic mass is 9.67. The molecule has 2 aliphatic heterocycles. The van der Waals surface area contributed by atoms with Gasteiger partial charge >= 0.3 is 5.97 Å². The lowest BCUT2D eigenvalue weighted by Gasteiger charge is -2.46. The topological polar surface area (TPSA) is 44.8 Å². The Morgan fingerprint density at radius 3 is 2.11 bits per heavy atom. The van der Waals surface area contributed by atoms with Gasteiger partial charge in [0.1, 0.15) is 0 Å². The van der Waals surface area contributed by atoms with Gasteiger partial charge in [-0.2, -0.15) is 0 Å². The first-order valence-electron chi connectivity index (χ1n) is 12.3. The molecule has 182 valence electrons. The summed E-state index contributed by atoms with van der Waals surface area (Å²) in [5.41, 5.74) is 2.16. The summed E-state index contributed by atoms with van der Waals surface area (Å²) in [6.45, 7) is 2.49. The minimum Gasteiger partial charge on any atom is -0.456 e. The fraction of sp³-hybridized carbons (Fsp3) is 0.367. The highest BCUT2D eigenvalue weighted by molar-refractivity contribution is 7.99. The molecule has 0 spiro atoms. The highest BCUT2D eigenvalue weighted by atomic mass is 32.2. The molecule has 5 rings (SSSR count). The zero-order chi connectivity index (χ0) is 24.1. The monoisotopic (exact) mass is 488 g/mol. The highest BCUT2D eigenvalue weighted by Crippen LogP contribution is 2.47. The Kier molecular flexibility index (Phi) is 7.57. The van der Waals surface area contributed by atoms with Crippen LogP contribution in [0.4, 0.5) is 0 Å². The first-order valence-corrected chi connectivity index (χ1v) is 13.3. The van der Waals surface area contributed by atoms with Crippen LogP contribution in [-0.4, -0.2) is 36.8 Å². The lowest BCUT2D eigenvalue weighted by Crippen LogP contribution is -2.54. The average molecular weight is 489 g/mol. The van der Waals surface area contributed by atoms with Crippen LogP contribution >= 0.6 is 11.8 Å². The van der Waals surface area contributed by atoms with E-state index in [0.29, 0.717) is 12.4 Å². The maximum atomic E-state index is 13.4. The molecule has 2 saturated heterocycles. The third-order valence-electron chi connectivity index (χ3n) is 6.94. The van der Waals surface area contributed by atoms with Crippen LogP contribution in [0.3, 0.4) is 0 Å². The van der Waals surface area contributed by atoms with Gasteiger partial charge in [0.2, 0.25) is 0 Å². The van der Waals surface area contributed by atoms with Crippen molar-refractivity contribution in [3.63, 3.8) is 0 Å². The van der Waals surface area contributed by atoms with Crippen molar-refractivity contribution in [2.24, 2.45) is 11.3 Å². The van der Waals surface area contributed by atoms with Crippen LogP contribution in [0.2, 0.25) is 0 Å². The number of esters is 1. The van der Waals surface area contributed by atoms with Crippen molar-refractivity contribution in [2.75, 3.05) is 12.4 Å². The van der Waals surface area contributed by atoms with E-state index >= 15 is 0 Å². The smallest absolute Gasteiger partial charge is 0.309 e. The molecule has 3 aromatic rings. The minimum absolute atomic E-state index is 0.0217. The van der Waals surface area contributed by atoms with Crippen molar-refractivity contribution < 1.29 is 19.0 Å². The van der Waals surface area contributed by atoms with Gasteiger partial charge in [0.25, 0.3) is 0 Å². The van der Waals surface area contributed by atoms with Crippen molar-refractivity contribution in [1.29, 1.82) is 0 Å². The van der Waals surface area contributed by atoms with Gasteiger partial charge in [0.15, 0.2) is 12.4 Å². The molecular weight excluding hydrogens is 456 g/mol. The standard InChI is InChI=1S/C30H32O4S/c1-22(21-35-26-15-9-4-10-16-26)28(31)34-27-29-32-20-25(33-29)19-30(27,17-23-11-5-2-6-12-23)18-24-13-7-3-8-14-24/h2-16,22,25,27,29H,17-21H2,1H3/t22?,25-,27+,29+/m0/s1. The molecule has 1 unspecified atom stereocenters. The number of hydrogen-bond donors (Lipinski definition) is 0. The van der Waals surface area contributed by atoms with E-state index in [9.17, 15) is 4.79 Å². The zero-order valence-corrected chi connectivity index (χ0v) is 20.9. The average Bonchev–Trinajstić information content (AvgIpc) is 3.29. The van der Waals surface area contributed by atoms with E-state index in [-0.39, 0.29) is 23.4 Å². The van der Waals surface area contributed by atoms with Gasteiger partial charge in [0.05, 0.1) is 18.6 Å². The predicted molar refractivity (Wildman–Crippen MR) is 138 cm³/mol. The number of thioether (sulfide) groups is 1. The van der Waals surface area contributed by atoms with Gasteiger partial charge in [-0.15, -0.1) is 11.8 Å². The molecule has 2 heterocycles. The number of carbonyl (C=O) groups is 1. The largest absolute Gasteiger partial charge is 0.456 e. The fourth-order valence-electron chi connectivity index (χ4n) is 5.24. The summed E-state index contributed by atoms with van der Waals surface area (Å²) in [4.78, 5) is 14.5. The second kappa shape index (κ2) is 11.0. The summed E-state index contributed by atoms with van der Waals surface area (Å²) in [6, 6.07) is 31.1. The summed E-state index contributed by atoms with van der Waals surface area (Å²) in [6.07, 6.45) is 1.41. The molecule has 0 N–H and O–H groups in total. The predicted octanol–water partition coefficient (Wildman–Crippen LogP) is 5.94. The Bertz CT molecular complexity index is 1050. The van der Waals surface area contributed by atoms with Gasteiger partial charge in [-0.05, 0) is 42.5 Å². The third-order valence-corrected chi connectivity index (χ3v) is 8.22. The molecular formula is C30H32O4S. The fourth-order valence-corrected chi connectivity index (χ4v) is 6.16. The SMILES string of the molecule is CC(CSc1ccccc1)C(=O)O[C@@H]1[C@@H]2OC[C@H](CC1(Cc1ccccc1)Cc1ccccc1)O2. The number of carbonyl (C=O) groups excluding carboxylic acids is 1. The molecule has 35 heavy (non-hydrogen) atoms. The van der Waals surface area contributed by atoms with Gasteiger partial charge in [-0.3, -0.25) is 4.79 Å². The number of fused-ring (bicyclic) bond motifs is 2. The lowest BCUT2D eigenvalue weighted by molar-refractivity contribution is -0.226. The van der Waals surface area contributed by atoms with E-state index in [4.69, 9.17) is 14.2 Å². The molecule has 5 heteroatoms. The van der Waals surface area contributed by atoms with Crippen LogP contribution in [0.15, 0.2) is 95.9 Å². The molecule has 2 bridgehead atoms. The van der Waals surface area contributed by atoms with E-state index in [1.165, 1.54) is 11.1 Å². The summed E-state index contributed by atoms with van der Waals surface area (Å²) < 4.78 is 18.5. The number of rotatable bonds is 9. The Hall–Kier alpha value is -2.60. The second-order valence-corrected chi connectivity index (χ2v) is 10.8. The van der Waals surface area contributed by atoms with Crippen molar-refractivity contribution >= 4 is 17.7 Å². The number of benzene rings is 3. The molecule has 0 aliphatic carbocycles. The molecule has 0 aromatic heterocycles. The van der Waals surface area contributed by atoms with Gasteiger partial charge < -0.3 is 14.2 Å². The van der Waals surface area contributed by atoms with Crippen molar-refractivity contribution in [3.05, 3.63) is 102 Å². The van der Waals surface area contributed by atoms with Crippen molar-refractivity contribution in [1.82, 2.24) is 0 Å². The molecule has 4 atom stereocenters. The molecule has 2 fully saturated rings. The van der Waals surface area contributed by atoms with E-state index in [1.54, 1.807) is 11.8 Å². The molecule has 0 amide bonds. The highest BCUT2D eigenvalue weighted by Gasteiger charge is 2.55. The third kappa shape index (κ3) is 5.80. The van der Waals surface area contributed by atoms with E-state index in [2.05, 4.69) is 60.7 Å². The van der Waals surface area contributed by atoms with Crippen LogP contribution in [0.5, 0.6) is 0 Å². The molecule has 0 radical (unpaired) electrons. The van der Waals surface area contributed by atoms with Gasteiger partial charge in [-0.25, -0.2) is 0 Å². The van der Waals surface area contributed by atoms with E-state index in [1.807, 2.05) is 37.3 Å². The Labute approximate surface area is 212 Å². The van der Waals surface area contributed by atoms with Crippen LogP contribution in [0.25, 0.3) is 0 Å². The number of hydrogen-bond acceptors (Lipinski definition) is 5. The van der Waals surface area contributed by atoms with Crippen molar-refractivity contribution in [3.8, 4) is 0 Å². The first kappa shape index (κ1) is 24.1. The van der Waals surface area contributed by atoms with E-state index < -0.39 is 12.4 Å². The van der Waals surface area contributed by atoms with Gasteiger partial charge in [-0.1, -0.05) is 85.8 Å². The van der Waals surface area contributed by atoms with Crippen LogP contribution in [-0.2, 0) is 31.8 Å². The second-order valence-electron chi connectivity index (χ2n) is 9.73. The van der Waals surface area contributed by atoms with E-state index in [0.717, 1.165) is 24.2 Å². The van der Waals surface area contributed by atoms with Crippen LogP contribution in [0, 0.1) is 11.3 Å². The molecule has 2 aliphatic rings. The minimum atomic E-state index is -0.529. The first-order chi connectivity index (χ1) is 17.1. The molecule has 3 aromatic carbocycles. The summed E-state index contributed by atoms with van der Waals surface area (Å²) in [5, 5.41) is 0. The maximum Gasteiger partial charge on any atom is 0.309 e. The summed E-state index contributed by atoms with van der Waals surface area (Å²) >= 11 is 1.68. The van der Waals surface area contributed by atoms with Crippen LogP contribution in [0.1, 0.15) is 24.5 Å². The number of ether oxygens (including phenoxy) is 3. The quantitative estimate of drug-likeness (QED) is 0.275. The molecule has 4 nitrogen and oxygen atoms in total. The Morgan fingerprint density at radius 2 is 1.51 bits per heavy atom. The maximum absolute atomic E-state index is 13.4. The summed E-state index contributed by atoms with van der Waals surface area (Å²) in [7, 11) is 0. The Balaban J connectivity index is 1.39. The van der Waals surface area contributed by atoms with Crippen molar-refractivity contribution in [2.45, 2.75) is 49.6 Å². The van der Waals surface area contributed by atoms with Crippen LogP contribution < -0.4 is 0 Å². The zero-order valence-electron chi connectivity index (χ0n) is 20.0. The Morgan fingerprint density at radius 1 is 0.943 bits per heavy atom.